The molecule has 0 amide bonds. The third-order valence-corrected chi connectivity index (χ3v) is 6.28. The van der Waals surface area contributed by atoms with Gasteiger partial charge in [0.2, 0.25) is 0 Å². The van der Waals surface area contributed by atoms with Crippen LogP contribution in [0.15, 0.2) is 40.0 Å². The molecule has 2 rings (SSSR count). The van der Waals surface area contributed by atoms with Crippen LogP contribution in [0.3, 0.4) is 0 Å². The topological polar surface area (TPSA) is 12.9 Å². The Morgan fingerprint density at radius 1 is 1.46 bits per heavy atom. The Kier molecular flexibility index (Phi) is 3.10. The van der Waals surface area contributed by atoms with Crippen molar-refractivity contribution in [3.8, 4) is 0 Å². The summed E-state index contributed by atoms with van der Waals surface area (Å²) in [7, 11) is 0. The van der Waals surface area contributed by atoms with Crippen LogP contribution in [-0.4, -0.2) is 31.2 Å². The molecule has 0 spiro atoms. The van der Waals surface area contributed by atoms with E-state index in [1.54, 1.807) is 0 Å². The molecule has 1 aromatic carbocycles. The zero-order valence-corrected chi connectivity index (χ0v) is 10.2. The van der Waals surface area contributed by atoms with E-state index >= 15 is 0 Å². The Labute approximate surface area is 91.5 Å². The minimum absolute atomic E-state index is 0.170. The van der Waals surface area contributed by atoms with Gasteiger partial charge in [-0.2, -0.15) is 0 Å². The van der Waals surface area contributed by atoms with Crippen LogP contribution in [0.1, 0.15) is 0 Å². The number of aromatic nitrogens is 1. The molecule has 66 valence electrons. The van der Waals surface area contributed by atoms with Crippen molar-refractivity contribution in [1.82, 2.24) is 4.98 Å². The number of benzene rings is 1. The average Bonchev–Trinajstić information content (AvgIpc) is 2.57. The van der Waals surface area contributed by atoms with Crippen molar-refractivity contribution in [2.45, 2.75) is 3.04 Å². The van der Waals surface area contributed by atoms with E-state index in [0.717, 1.165) is 5.75 Å². The van der Waals surface area contributed by atoms with Crippen LogP contribution in [0.4, 0.5) is 0 Å². The van der Waals surface area contributed by atoms with Crippen LogP contribution in [-0.2, 0) is 0 Å². The number of thioether (sulfide) groups is 1. The van der Waals surface area contributed by atoms with Crippen LogP contribution >= 0.6 is 11.8 Å². The Morgan fingerprint density at radius 2 is 2.31 bits per heavy atom. The zero-order valence-electron chi connectivity index (χ0n) is 7.06. The molecule has 0 saturated heterocycles. The summed E-state index contributed by atoms with van der Waals surface area (Å²) in [5.41, 5.74) is 1.19. The Morgan fingerprint density at radius 3 is 3.08 bits per heavy atom. The molecular formula is C10H9NSTe. The van der Waals surface area contributed by atoms with Gasteiger partial charge in [-0.15, -0.1) is 0 Å². The number of fused-ring (bicyclic) bond motifs is 1. The van der Waals surface area contributed by atoms with Gasteiger partial charge in [-0.1, -0.05) is 0 Å². The fourth-order valence-electron chi connectivity index (χ4n) is 1.04. The van der Waals surface area contributed by atoms with Crippen LogP contribution in [0, 0.1) is 0 Å². The van der Waals surface area contributed by atoms with Crippen molar-refractivity contribution < 1.29 is 0 Å². The predicted octanol–water partition coefficient (Wildman–Crippen LogP) is 2.57. The first kappa shape index (κ1) is 9.33. The SMILES string of the molecule is C=CCSc1nc2ccccc2[te]1. The number of rotatable bonds is 3. The molecule has 0 N–H and O–H groups in total. The number of hydrogen-bond donors (Lipinski definition) is 0. The standard InChI is InChI=1S/C10H9NSTe/c1-2-7-12-10-11-8-5-3-4-6-9(8)13-10/h2-6H,1,7H2. The fourth-order valence-corrected chi connectivity index (χ4v) is 5.20. The summed E-state index contributed by atoms with van der Waals surface area (Å²) in [4.78, 5) is 4.58. The van der Waals surface area contributed by atoms with Gasteiger partial charge in [-0.3, -0.25) is 0 Å². The quantitative estimate of drug-likeness (QED) is 0.491. The summed E-state index contributed by atoms with van der Waals surface area (Å²) in [5.74, 6) is 0.984. The predicted molar refractivity (Wildman–Crippen MR) is 59.6 cm³/mol. The summed E-state index contributed by atoms with van der Waals surface area (Å²) < 4.78 is 2.81. The summed E-state index contributed by atoms with van der Waals surface area (Å²) in [6.45, 7) is 3.71. The van der Waals surface area contributed by atoms with Gasteiger partial charge in [0.05, 0.1) is 0 Å². The normalized spacial score (nSPS) is 10.5. The van der Waals surface area contributed by atoms with Gasteiger partial charge in [0.1, 0.15) is 0 Å². The van der Waals surface area contributed by atoms with E-state index in [1.807, 2.05) is 17.8 Å². The van der Waals surface area contributed by atoms with Gasteiger partial charge >= 0.3 is 91.8 Å². The maximum atomic E-state index is 4.58. The molecule has 1 aromatic heterocycles. The zero-order chi connectivity index (χ0) is 9.10. The Bertz CT molecular complexity index is 389. The second-order valence-electron chi connectivity index (χ2n) is 2.55. The number of nitrogens with zero attached hydrogens (tertiary/aromatic N) is 1. The van der Waals surface area contributed by atoms with Crippen molar-refractivity contribution in [3.63, 3.8) is 0 Å². The number of para-hydroxylation sites is 1. The molecule has 0 atom stereocenters. The summed E-state index contributed by atoms with van der Waals surface area (Å²) in [6, 6.07) is 8.45. The van der Waals surface area contributed by atoms with E-state index in [9.17, 15) is 0 Å². The van der Waals surface area contributed by atoms with Gasteiger partial charge in [-0.25, -0.2) is 0 Å². The van der Waals surface area contributed by atoms with Crippen LogP contribution in [0.2, 0.25) is 0 Å². The van der Waals surface area contributed by atoms with Crippen molar-refractivity contribution in [2.75, 3.05) is 5.75 Å². The molecule has 0 aliphatic heterocycles. The summed E-state index contributed by atoms with van der Waals surface area (Å²) >= 11 is 1.66. The molecule has 0 bridgehead atoms. The first-order valence-corrected chi connectivity index (χ1v) is 7.31. The molecule has 13 heavy (non-hydrogen) atoms. The van der Waals surface area contributed by atoms with Crippen molar-refractivity contribution in [2.24, 2.45) is 0 Å². The molecule has 0 saturated carbocycles. The second-order valence-corrected chi connectivity index (χ2v) is 7.30. The molecule has 0 unspecified atom stereocenters. The molecule has 0 radical (unpaired) electrons. The molecule has 0 fully saturated rings. The molecule has 0 aliphatic rings. The van der Waals surface area contributed by atoms with Gasteiger partial charge in [0.15, 0.2) is 0 Å². The van der Waals surface area contributed by atoms with E-state index in [0.29, 0.717) is 0 Å². The van der Waals surface area contributed by atoms with Crippen molar-refractivity contribution >= 4 is 41.1 Å². The molecule has 0 aliphatic carbocycles. The van der Waals surface area contributed by atoms with Gasteiger partial charge < -0.3 is 0 Å². The van der Waals surface area contributed by atoms with E-state index in [-0.39, 0.29) is 20.4 Å². The monoisotopic (exact) mass is 305 g/mol. The molecule has 3 heteroatoms. The molecule has 1 heterocycles. The van der Waals surface area contributed by atoms with E-state index in [2.05, 4.69) is 35.8 Å². The second kappa shape index (κ2) is 4.32. The molecule has 1 nitrogen and oxygen atoms in total. The van der Waals surface area contributed by atoms with Gasteiger partial charge in [0, 0.05) is 0 Å². The average molecular weight is 303 g/mol. The minimum atomic E-state index is -0.170. The third kappa shape index (κ3) is 2.17. The Hall–Kier alpha value is -0.230. The maximum absolute atomic E-state index is 4.58. The fraction of sp³-hybridized carbons (Fsp3) is 0.100. The summed E-state index contributed by atoms with van der Waals surface area (Å²) in [5, 5.41) is 0. The van der Waals surface area contributed by atoms with E-state index in [1.165, 1.54) is 12.0 Å². The first-order valence-electron chi connectivity index (χ1n) is 3.99. The van der Waals surface area contributed by atoms with Crippen LogP contribution in [0.5, 0.6) is 0 Å². The van der Waals surface area contributed by atoms with E-state index in [4.69, 9.17) is 0 Å². The van der Waals surface area contributed by atoms with Crippen molar-refractivity contribution in [3.05, 3.63) is 36.9 Å². The van der Waals surface area contributed by atoms with Crippen LogP contribution in [0.25, 0.3) is 8.92 Å². The van der Waals surface area contributed by atoms with E-state index < -0.39 is 0 Å². The molecular weight excluding hydrogens is 294 g/mol. The first-order chi connectivity index (χ1) is 6.40. The van der Waals surface area contributed by atoms with Gasteiger partial charge in [-0.05, 0) is 0 Å². The van der Waals surface area contributed by atoms with Gasteiger partial charge in [0.25, 0.3) is 0 Å². The third-order valence-electron chi connectivity index (χ3n) is 1.60. The summed E-state index contributed by atoms with van der Waals surface area (Å²) in [6.07, 6.45) is 1.93. The van der Waals surface area contributed by atoms with Crippen molar-refractivity contribution in [1.29, 1.82) is 0 Å². The Balaban J connectivity index is 2.32. The van der Waals surface area contributed by atoms with Crippen LogP contribution < -0.4 is 0 Å². The molecule has 2 aromatic rings. The number of hydrogen-bond acceptors (Lipinski definition) is 2.